The number of aromatic nitrogens is 3. The molecule has 0 saturated heterocycles. The first-order valence-electron chi connectivity index (χ1n) is 10.7. The van der Waals surface area contributed by atoms with Crippen molar-refractivity contribution >= 4 is 11.4 Å². The SMILES string of the molecule is COc1cc(-c2cnc3cc(OCc4cocn4)ccn23)cc(OC(F)F)c1C(=O)CC1CC1. The standard InChI is InChI=1S/C24H21F2N3O5/c1-31-20-7-15(8-21(34-24(25)26)23(20)19(30)6-14-2-3-14)18-10-27-22-9-17(4-5-29(18)22)33-12-16-11-32-13-28-16/h4-5,7-11,13-14,24H,2-3,6,12H2,1H3. The van der Waals surface area contributed by atoms with Gasteiger partial charge in [0.2, 0.25) is 0 Å². The van der Waals surface area contributed by atoms with Gasteiger partial charge in [-0.2, -0.15) is 8.78 Å². The van der Waals surface area contributed by atoms with Gasteiger partial charge in [0.25, 0.3) is 0 Å². The van der Waals surface area contributed by atoms with Crippen LogP contribution in [-0.4, -0.2) is 33.9 Å². The van der Waals surface area contributed by atoms with E-state index in [1.807, 2.05) is 0 Å². The largest absolute Gasteiger partial charge is 0.496 e. The number of benzene rings is 1. The van der Waals surface area contributed by atoms with Gasteiger partial charge in [0.1, 0.15) is 47.0 Å². The zero-order valence-electron chi connectivity index (χ0n) is 18.2. The number of hydrogen-bond donors (Lipinski definition) is 0. The lowest BCUT2D eigenvalue weighted by molar-refractivity contribution is -0.0502. The van der Waals surface area contributed by atoms with Crippen LogP contribution in [0.2, 0.25) is 0 Å². The monoisotopic (exact) mass is 469 g/mol. The quantitative estimate of drug-likeness (QED) is 0.296. The van der Waals surface area contributed by atoms with Crippen LogP contribution in [0.5, 0.6) is 17.2 Å². The average Bonchev–Trinajstić information content (AvgIpc) is 3.30. The van der Waals surface area contributed by atoms with E-state index in [1.165, 1.54) is 25.8 Å². The first kappa shape index (κ1) is 21.9. The van der Waals surface area contributed by atoms with Crippen molar-refractivity contribution in [2.45, 2.75) is 32.5 Å². The highest BCUT2D eigenvalue weighted by molar-refractivity contribution is 6.02. The maximum absolute atomic E-state index is 13.2. The Bertz CT molecular complexity index is 1320. The number of methoxy groups -OCH3 is 1. The molecule has 1 aromatic carbocycles. The number of hydrogen-bond acceptors (Lipinski definition) is 7. The van der Waals surface area contributed by atoms with Crippen molar-refractivity contribution in [3.05, 3.63) is 60.6 Å². The molecule has 3 heterocycles. The third-order valence-electron chi connectivity index (χ3n) is 5.60. The first-order chi connectivity index (χ1) is 16.5. The Hall–Kier alpha value is -3.95. The summed E-state index contributed by atoms with van der Waals surface area (Å²) in [7, 11) is 1.39. The molecule has 4 aromatic rings. The average molecular weight is 469 g/mol. The van der Waals surface area contributed by atoms with Crippen LogP contribution in [0, 0.1) is 5.92 Å². The fourth-order valence-electron chi connectivity index (χ4n) is 3.78. The number of carbonyl (C=O) groups excluding carboxylic acids is 1. The summed E-state index contributed by atoms with van der Waals surface area (Å²) in [6.07, 6.45) is 8.38. The molecule has 5 rings (SSSR count). The number of ketones is 1. The molecule has 1 fully saturated rings. The Morgan fingerprint density at radius 3 is 2.76 bits per heavy atom. The summed E-state index contributed by atoms with van der Waals surface area (Å²) >= 11 is 0. The fourth-order valence-corrected chi connectivity index (χ4v) is 3.78. The number of rotatable bonds is 10. The second-order valence-corrected chi connectivity index (χ2v) is 8.00. The summed E-state index contributed by atoms with van der Waals surface area (Å²) in [4.78, 5) is 21.2. The smallest absolute Gasteiger partial charge is 0.387 e. The van der Waals surface area contributed by atoms with Gasteiger partial charge in [-0.15, -0.1) is 0 Å². The molecule has 0 unspecified atom stereocenters. The van der Waals surface area contributed by atoms with Crippen LogP contribution < -0.4 is 14.2 Å². The normalized spacial score (nSPS) is 13.4. The van der Waals surface area contributed by atoms with Gasteiger partial charge in [0.05, 0.1) is 19.0 Å². The summed E-state index contributed by atoms with van der Waals surface area (Å²) in [6.45, 7) is -2.85. The zero-order valence-corrected chi connectivity index (χ0v) is 18.2. The Morgan fingerprint density at radius 1 is 1.24 bits per heavy atom. The Labute approximate surface area is 193 Å². The fraction of sp³-hybridized carbons (Fsp3) is 0.292. The molecule has 3 aromatic heterocycles. The minimum Gasteiger partial charge on any atom is -0.496 e. The van der Waals surface area contributed by atoms with Crippen LogP contribution in [0.1, 0.15) is 35.3 Å². The molecule has 0 spiro atoms. The van der Waals surface area contributed by atoms with Crippen LogP contribution in [0.3, 0.4) is 0 Å². The number of fused-ring (bicyclic) bond motifs is 1. The molecule has 8 nitrogen and oxygen atoms in total. The zero-order chi connectivity index (χ0) is 23.7. The number of alkyl halides is 2. The molecule has 176 valence electrons. The highest BCUT2D eigenvalue weighted by atomic mass is 19.3. The molecule has 0 atom stereocenters. The van der Waals surface area contributed by atoms with Crippen molar-refractivity contribution in [3.63, 3.8) is 0 Å². The predicted octanol–water partition coefficient (Wildman–Crippen LogP) is 5.16. The Balaban J connectivity index is 1.49. The molecule has 34 heavy (non-hydrogen) atoms. The maximum Gasteiger partial charge on any atom is 0.387 e. The minimum atomic E-state index is -3.08. The van der Waals surface area contributed by atoms with Gasteiger partial charge < -0.3 is 18.6 Å². The number of carbonyl (C=O) groups is 1. The van der Waals surface area contributed by atoms with Gasteiger partial charge >= 0.3 is 6.61 Å². The van der Waals surface area contributed by atoms with Crippen molar-refractivity contribution in [2.75, 3.05) is 7.11 Å². The molecule has 0 aliphatic heterocycles. The van der Waals surface area contributed by atoms with E-state index in [1.54, 1.807) is 35.0 Å². The van der Waals surface area contributed by atoms with Crippen molar-refractivity contribution in [1.82, 2.24) is 14.4 Å². The second kappa shape index (κ2) is 9.12. The van der Waals surface area contributed by atoms with E-state index in [-0.39, 0.29) is 41.8 Å². The highest BCUT2D eigenvalue weighted by Gasteiger charge is 2.29. The van der Waals surface area contributed by atoms with Crippen molar-refractivity contribution in [2.24, 2.45) is 5.92 Å². The van der Waals surface area contributed by atoms with Gasteiger partial charge in [0, 0.05) is 24.2 Å². The summed E-state index contributed by atoms with van der Waals surface area (Å²) < 4.78 is 49.0. The number of oxazole rings is 1. The highest BCUT2D eigenvalue weighted by Crippen LogP contribution is 2.40. The summed E-state index contributed by atoms with van der Waals surface area (Å²) in [5, 5.41) is 0. The summed E-state index contributed by atoms with van der Waals surface area (Å²) in [6, 6.07) is 6.55. The van der Waals surface area contributed by atoms with Gasteiger partial charge in [-0.05, 0) is 37.0 Å². The van der Waals surface area contributed by atoms with Crippen LogP contribution >= 0.6 is 0 Å². The lowest BCUT2D eigenvalue weighted by Gasteiger charge is -2.16. The number of halogens is 2. The molecule has 0 bridgehead atoms. The van der Waals surface area contributed by atoms with Crippen molar-refractivity contribution in [1.29, 1.82) is 0 Å². The molecule has 0 radical (unpaired) electrons. The van der Waals surface area contributed by atoms with Gasteiger partial charge in [-0.3, -0.25) is 9.20 Å². The predicted molar refractivity (Wildman–Crippen MR) is 116 cm³/mol. The summed E-state index contributed by atoms with van der Waals surface area (Å²) in [5.41, 5.74) is 2.39. The van der Waals surface area contributed by atoms with Crippen LogP contribution in [0.15, 0.2) is 53.7 Å². The third kappa shape index (κ3) is 4.57. The van der Waals surface area contributed by atoms with E-state index in [2.05, 4.69) is 9.97 Å². The van der Waals surface area contributed by atoms with E-state index < -0.39 is 6.61 Å². The Morgan fingerprint density at radius 2 is 2.06 bits per heavy atom. The second-order valence-electron chi connectivity index (χ2n) is 8.00. The first-order valence-corrected chi connectivity index (χ1v) is 10.7. The Kier molecular flexibility index (Phi) is 5.87. The van der Waals surface area contributed by atoms with E-state index in [4.69, 9.17) is 18.6 Å². The number of Topliss-reactive ketones (excluding diaryl/α,β-unsaturated/α-hetero) is 1. The molecule has 0 amide bonds. The van der Waals surface area contributed by atoms with E-state index in [0.717, 1.165) is 12.8 Å². The molecule has 1 aliphatic carbocycles. The summed E-state index contributed by atoms with van der Waals surface area (Å²) in [5.74, 6) is 0.566. The maximum atomic E-state index is 13.2. The van der Waals surface area contributed by atoms with Gasteiger partial charge in [-0.1, -0.05) is 0 Å². The van der Waals surface area contributed by atoms with Crippen molar-refractivity contribution in [3.8, 4) is 28.5 Å². The topological polar surface area (TPSA) is 88.1 Å². The number of pyridine rings is 1. The van der Waals surface area contributed by atoms with Crippen molar-refractivity contribution < 1.29 is 32.2 Å². The van der Waals surface area contributed by atoms with E-state index >= 15 is 0 Å². The van der Waals surface area contributed by atoms with Gasteiger partial charge in [-0.25, -0.2) is 9.97 Å². The van der Waals surface area contributed by atoms with E-state index in [9.17, 15) is 13.6 Å². The van der Waals surface area contributed by atoms with Gasteiger partial charge in [0.15, 0.2) is 12.2 Å². The molecule has 1 aliphatic rings. The molecule has 10 heteroatoms. The lowest BCUT2D eigenvalue weighted by atomic mass is 10.00. The molecular weight excluding hydrogens is 448 g/mol. The minimum absolute atomic E-state index is 0.0378. The van der Waals surface area contributed by atoms with Crippen LogP contribution in [-0.2, 0) is 6.61 Å². The van der Waals surface area contributed by atoms with Crippen LogP contribution in [0.25, 0.3) is 16.9 Å². The molecule has 0 N–H and O–H groups in total. The third-order valence-corrected chi connectivity index (χ3v) is 5.60. The van der Waals surface area contributed by atoms with Crippen LogP contribution in [0.4, 0.5) is 8.78 Å². The lowest BCUT2D eigenvalue weighted by Crippen LogP contribution is -2.11. The number of nitrogens with zero attached hydrogens (tertiary/aromatic N) is 3. The van der Waals surface area contributed by atoms with E-state index in [0.29, 0.717) is 28.3 Å². The molecule has 1 saturated carbocycles. The molecular formula is C24H21F2N3O5. The number of ether oxygens (including phenoxy) is 3. The number of imidazole rings is 1.